The lowest BCUT2D eigenvalue weighted by atomic mass is 9.74. The second kappa shape index (κ2) is 18.4. The molecule has 0 atom stereocenters. The molecule has 0 aromatic carbocycles. The summed E-state index contributed by atoms with van der Waals surface area (Å²) in [6.45, 7) is 4.61. The van der Waals surface area contributed by atoms with Crippen LogP contribution in [-0.2, 0) is 6.42 Å². The van der Waals surface area contributed by atoms with Crippen LogP contribution < -0.4 is 0 Å². The molecule has 2 aliphatic carbocycles. The van der Waals surface area contributed by atoms with Gasteiger partial charge >= 0.3 is 0 Å². The number of unbranched alkanes of at least 4 members (excludes halogenated alkanes) is 10. The molecule has 1 aromatic heterocycles. The Morgan fingerprint density at radius 1 is 0.528 bits per heavy atom. The molecule has 2 saturated carbocycles. The quantitative estimate of drug-likeness (QED) is 0.189. The molecule has 0 amide bonds. The Labute approximate surface area is 225 Å². The molecule has 0 saturated heterocycles. The Hall–Kier alpha value is -0.920. The highest BCUT2D eigenvalue weighted by molar-refractivity contribution is 5.08. The number of hydrogen-bond donors (Lipinski definition) is 0. The highest BCUT2D eigenvalue weighted by atomic mass is 14.9. The van der Waals surface area contributed by atoms with Crippen molar-refractivity contribution in [1.29, 1.82) is 0 Å². The summed E-state index contributed by atoms with van der Waals surface area (Å²) < 4.78 is 0. The van der Waals surface area contributed by atoms with E-state index in [1.807, 2.05) is 0 Å². The van der Waals surface area contributed by atoms with E-state index in [-0.39, 0.29) is 0 Å². The van der Waals surface area contributed by atoms with Gasteiger partial charge in [0.25, 0.3) is 0 Å². The Kier molecular flexibility index (Phi) is 15.1. The minimum Gasteiger partial charge on any atom is -0.241 e. The van der Waals surface area contributed by atoms with Crippen LogP contribution in [0.5, 0.6) is 0 Å². The molecule has 0 radical (unpaired) electrons. The van der Waals surface area contributed by atoms with Gasteiger partial charge in [0.2, 0.25) is 0 Å². The molecular weight excluding hydrogens is 436 g/mol. The lowest BCUT2D eigenvalue weighted by Crippen LogP contribution is -2.18. The van der Waals surface area contributed by atoms with Gasteiger partial charge < -0.3 is 0 Å². The molecule has 1 heterocycles. The Bertz CT molecular complexity index is 638. The minimum absolute atomic E-state index is 0.613. The molecule has 0 N–H and O–H groups in total. The van der Waals surface area contributed by atoms with E-state index in [4.69, 9.17) is 9.97 Å². The van der Waals surface area contributed by atoms with E-state index >= 15 is 0 Å². The van der Waals surface area contributed by atoms with E-state index in [0.29, 0.717) is 5.92 Å². The van der Waals surface area contributed by atoms with Crippen LogP contribution in [0, 0.1) is 17.8 Å². The largest absolute Gasteiger partial charge is 0.241 e. The summed E-state index contributed by atoms with van der Waals surface area (Å²) in [5.74, 6) is 4.80. The predicted molar refractivity (Wildman–Crippen MR) is 156 cm³/mol. The number of nitrogens with zero attached hydrogens (tertiary/aromatic N) is 2. The number of hydrogen-bond acceptors (Lipinski definition) is 2. The van der Waals surface area contributed by atoms with Crippen molar-refractivity contribution in [3.63, 3.8) is 0 Å². The van der Waals surface area contributed by atoms with Crippen molar-refractivity contribution in [1.82, 2.24) is 9.97 Å². The molecule has 206 valence electrons. The molecule has 0 spiro atoms. The second-order valence-electron chi connectivity index (χ2n) is 12.7. The van der Waals surface area contributed by atoms with E-state index in [1.165, 1.54) is 153 Å². The van der Waals surface area contributed by atoms with E-state index in [9.17, 15) is 0 Å². The van der Waals surface area contributed by atoms with Gasteiger partial charge in [0, 0.05) is 18.3 Å². The van der Waals surface area contributed by atoms with Crippen LogP contribution in [0.1, 0.15) is 179 Å². The summed E-state index contributed by atoms with van der Waals surface area (Å²) in [5.41, 5.74) is 1.34. The van der Waals surface area contributed by atoms with Crippen molar-refractivity contribution >= 4 is 0 Å². The standard InChI is InChI=1S/C34H60N2/c1-3-5-7-9-10-12-14-16-32-27-35-34(36-28-32)33-25-23-31(24-26-33)22-21-30-19-17-29(18-20-30)15-13-11-8-6-4-2/h27-31,33H,3-26H2,1-2H3. The third kappa shape index (κ3) is 11.6. The van der Waals surface area contributed by atoms with Crippen molar-refractivity contribution in [3.8, 4) is 0 Å². The van der Waals surface area contributed by atoms with Crippen LogP contribution in [0.3, 0.4) is 0 Å². The molecule has 2 heteroatoms. The van der Waals surface area contributed by atoms with E-state index in [2.05, 4.69) is 26.2 Å². The first kappa shape index (κ1) is 29.6. The minimum atomic E-state index is 0.613. The maximum atomic E-state index is 4.82. The van der Waals surface area contributed by atoms with Gasteiger partial charge in [-0.25, -0.2) is 9.97 Å². The molecule has 2 nitrogen and oxygen atoms in total. The van der Waals surface area contributed by atoms with E-state index in [1.54, 1.807) is 0 Å². The fraction of sp³-hybridized carbons (Fsp3) is 0.882. The smallest absolute Gasteiger partial charge is 0.131 e. The molecule has 36 heavy (non-hydrogen) atoms. The van der Waals surface area contributed by atoms with Crippen LogP contribution in [0.25, 0.3) is 0 Å². The first-order chi connectivity index (χ1) is 17.8. The van der Waals surface area contributed by atoms with Gasteiger partial charge in [-0.05, 0) is 61.8 Å². The zero-order valence-electron chi connectivity index (χ0n) is 24.3. The first-order valence-corrected chi connectivity index (χ1v) is 16.6. The highest BCUT2D eigenvalue weighted by Gasteiger charge is 2.26. The fourth-order valence-corrected chi connectivity index (χ4v) is 7.02. The number of aryl methyl sites for hydroxylation is 1. The summed E-state index contributed by atoms with van der Waals surface area (Å²) in [6.07, 6.45) is 38.3. The SMILES string of the molecule is CCCCCCCCCc1cnc(C2CCC(CCC3CCC(CCCCCCC)CC3)CC2)nc1. The Morgan fingerprint density at radius 3 is 1.53 bits per heavy atom. The third-order valence-electron chi connectivity index (χ3n) is 9.67. The summed E-state index contributed by atoms with van der Waals surface area (Å²) >= 11 is 0. The third-order valence-corrected chi connectivity index (χ3v) is 9.67. The summed E-state index contributed by atoms with van der Waals surface area (Å²) in [7, 11) is 0. The summed E-state index contributed by atoms with van der Waals surface area (Å²) in [5, 5.41) is 0. The van der Waals surface area contributed by atoms with Crippen molar-refractivity contribution < 1.29 is 0 Å². The molecule has 1 aromatic rings. The Morgan fingerprint density at radius 2 is 0.972 bits per heavy atom. The number of aromatic nitrogens is 2. The van der Waals surface area contributed by atoms with Gasteiger partial charge in [0.1, 0.15) is 5.82 Å². The second-order valence-corrected chi connectivity index (χ2v) is 12.7. The van der Waals surface area contributed by atoms with Crippen LogP contribution in [0.15, 0.2) is 12.4 Å². The van der Waals surface area contributed by atoms with Crippen molar-refractivity contribution in [2.75, 3.05) is 0 Å². The van der Waals surface area contributed by atoms with Crippen LogP contribution in [0.4, 0.5) is 0 Å². The topological polar surface area (TPSA) is 25.8 Å². The van der Waals surface area contributed by atoms with Crippen molar-refractivity contribution in [3.05, 3.63) is 23.8 Å². The van der Waals surface area contributed by atoms with E-state index < -0.39 is 0 Å². The first-order valence-electron chi connectivity index (χ1n) is 16.6. The average molecular weight is 497 g/mol. The monoisotopic (exact) mass is 496 g/mol. The number of rotatable bonds is 18. The molecule has 2 aliphatic rings. The summed E-state index contributed by atoms with van der Waals surface area (Å²) in [4.78, 5) is 9.64. The molecule has 0 aliphatic heterocycles. The molecule has 3 rings (SSSR count). The lowest BCUT2D eigenvalue weighted by Gasteiger charge is -2.31. The van der Waals surface area contributed by atoms with Gasteiger partial charge in [0.15, 0.2) is 0 Å². The van der Waals surface area contributed by atoms with Crippen molar-refractivity contribution in [2.24, 2.45) is 17.8 Å². The average Bonchev–Trinajstić information content (AvgIpc) is 2.93. The molecule has 0 bridgehead atoms. The van der Waals surface area contributed by atoms with Gasteiger partial charge in [-0.15, -0.1) is 0 Å². The Balaban J connectivity index is 1.22. The van der Waals surface area contributed by atoms with Crippen LogP contribution >= 0.6 is 0 Å². The highest BCUT2D eigenvalue weighted by Crippen LogP contribution is 2.39. The molecule has 2 fully saturated rings. The zero-order chi connectivity index (χ0) is 25.3. The van der Waals surface area contributed by atoms with Gasteiger partial charge in [-0.1, -0.05) is 129 Å². The maximum absolute atomic E-state index is 4.82. The maximum Gasteiger partial charge on any atom is 0.131 e. The zero-order valence-corrected chi connectivity index (χ0v) is 24.3. The molecule has 0 unspecified atom stereocenters. The van der Waals surface area contributed by atoms with Crippen LogP contribution in [-0.4, -0.2) is 9.97 Å². The van der Waals surface area contributed by atoms with Gasteiger partial charge in [-0.2, -0.15) is 0 Å². The summed E-state index contributed by atoms with van der Waals surface area (Å²) in [6, 6.07) is 0. The van der Waals surface area contributed by atoms with Crippen molar-refractivity contribution in [2.45, 2.75) is 174 Å². The molecular formula is C34H60N2. The fourth-order valence-electron chi connectivity index (χ4n) is 7.02. The van der Waals surface area contributed by atoms with Crippen LogP contribution in [0.2, 0.25) is 0 Å². The van der Waals surface area contributed by atoms with E-state index in [0.717, 1.165) is 30.0 Å². The van der Waals surface area contributed by atoms with Gasteiger partial charge in [0.05, 0.1) is 0 Å². The predicted octanol–water partition coefficient (Wildman–Crippen LogP) is 11.0. The normalized spacial score (nSPS) is 24.7. The lowest BCUT2D eigenvalue weighted by molar-refractivity contribution is 0.221. The van der Waals surface area contributed by atoms with Gasteiger partial charge in [-0.3, -0.25) is 0 Å².